The lowest BCUT2D eigenvalue weighted by Crippen LogP contribution is -2.39. The Hall–Kier alpha value is -0.0800. The van der Waals surface area contributed by atoms with E-state index in [1.807, 2.05) is 0 Å². The second-order valence-electron chi connectivity index (χ2n) is 5.66. The van der Waals surface area contributed by atoms with E-state index >= 15 is 0 Å². The molecule has 82 valence electrons. The molecule has 0 spiro atoms. The molecule has 4 N–H and O–H groups in total. The summed E-state index contributed by atoms with van der Waals surface area (Å²) in [7, 11) is 0. The SMILES string of the molecule is NC[C@]12CCCCCC[C@](N)(CC1)C2. The van der Waals surface area contributed by atoms with E-state index in [1.165, 1.54) is 57.8 Å². The third-order valence-corrected chi connectivity index (χ3v) is 4.45. The van der Waals surface area contributed by atoms with E-state index in [9.17, 15) is 0 Å². The molecule has 0 aromatic rings. The second-order valence-corrected chi connectivity index (χ2v) is 5.66. The molecule has 14 heavy (non-hydrogen) atoms. The van der Waals surface area contributed by atoms with E-state index in [1.54, 1.807) is 0 Å². The molecule has 0 heterocycles. The highest BCUT2D eigenvalue weighted by molar-refractivity contribution is 5.01. The molecule has 0 amide bonds. The Morgan fingerprint density at radius 2 is 1.57 bits per heavy atom. The third-order valence-electron chi connectivity index (χ3n) is 4.45. The van der Waals surface area contributed by atoms with Gasteiger partial charge in [-0.1, -0.05) is 25.7 Å². The molecule has 2 saturated carbocycles. The van der Waals surface area contributed by atoms with Crippen molar-refractivity contribution in [2.75, 3.05) is 6.54 Å². The van der Waals surface area contributed by atoms with Gasteiger partial charge < -0.3 is 11.5 Å². The first-order valence-electron chi connectivity index (χ1n) is 6.17. The lowest BCUT2D eigenvalue weighted by atomic mass is 9.79. The molecule has 0 aromatic carbocycles. The van der Waals surface area contributed by atoms with Crippen LogP contribution in [-0.4, -0.2) is 12.1 Å². The van der Waals surface area contributed by atoms with Crippen LogP contribution in [0.25, 0.3) is 0 Å². The fraction of sp³-hybridized carbons (Fsp3) is 1.00. The maximum Gasteiger partial charge on any atom is 0.0160 e. The Morgan fingerprint density at radius 3 is 2.29 bits per heavy atom. The van der Waals surface area contributed by atoms with Crippen LogP contribution in [0.1, 0.15) is 57.8 Å². The van der Waals surface area contributed by atoms with E-state index in [4.69, 9.17) is 11.5 Å². The molecule has 0 saturated heterocycles. The first kappa shape index (κ1) is 10.4. The summed E-state index contributed by atoms with van der Waals surface area (Å²) >= 11 is 0. The van der Waals surface area contributed by atoms with Crippen molar-refractivity contribution in [2.45, 2.75) is 63.3 Å². The van der Waals surface area contributed by atoms with Gasteiger partial charge >= 0.3 is 0 Å². The monoisotopic (exact) mass is 196 g/mol. The van der Waals surface area contributed by atoms with Crippen LogP contribution in [0.4, 0.5) is 0 Å². The standard InChI is InChI=1S/C12H24N2/c13-10-11-5-3-1-2-4-6-12(14,9-11)8-7-11/h1-10,13-14H2/t11-,12+/m1/s1. The van der Waals surface area contributed by atoms with E-state index in [-0.39, 0.29) is 5.54 Å². The largest absolute Gasteiger partial charge is 0.330 e. The van der Waals surface area contributed by atoms with Crippen LogP contribution in [0, 0.1) is 5.41 Å². The van der Waals surface area contributed by atoms with Gasteiger partial charge in [-0.05, 0) is 44.1 Å². The molecule has 2 atom stereocenters. The lowest BCUT2D eigenvalue weighted by Gasteiger charge is -2.30. The number of rotatable bonds is 1. The molecule has 2 aliphatic rings. The Kier molecular flexibility index (Phi) is 2.85. The van der Waals surface area contributed by atoms with Crippen LogP contribution in [-0.2, 0) is 0 Å². The summed E-state index contributed by atoms with van der Waals surface area (Å²) in [6.45, 7) is 0.853. The zero-order valence-electron chi connectivity index (χ0n) is 9.23. The average molecular weight is 196 g/mol. The van der Waals surface area contributed by atoms with E-state index in [0.717, 1.165) is 6.54 Å². The normalized spacial score (nSPS) is 44.1. The first-order valence-corrected chi connectivity index (χ1v) is 6.17. The summed E-state index contributed by atoms with van der Waals surface area (Å²) in [5.41, 5.74) is 13.0. The van der Waals surface area contributed by atoms with Crippen molar-refractivity contribution in [2.24, 2.45) is 16.9 Å². The van der Waals surface area contributed by atoms with Crippen molar-refractivity contribution >= 4 is 0 Å². The number of fused-ring (bicyclic) bond motifs is 2. The Labute approximate surface area is 87.4 Å². The van der Waals surface area contributed by atoms with Gasteiger partial charge in [0.1, 0.15) is 0 Å². The van der Waals surface area contributed by atoms with Gasteiger partial charge in [-0.15, -0.1) is 0 Å². The van der Waals surface area contributed by atoms with Gasteiger partial charge in [-0.2, -0.15) is 0 Å². The summed E-state index contributed by atoms with van der Waals surface area (Å²) in [6, 6.07) is 0. The Morgan fingerprint density at radius 1 is 0.857 bits per heavy atom. The van der Waals surface area contributed by atoms with Gasteiger partial charge in [0.05, 0.1) is 0 Å². The van der Waals surface area contributed by atoms with Crippen molar-refractivity contribution in [1.29, 1.82) is 0 Å². The molecule has 0 unspecified atom stereocenters. The fourth-order valence-corrected chi connectivity index (χ4v) is 3.47. The van der Waals surface area contributed by atoms with Crippen molar-refractivity contribution < 1.29 is 0 Å². The maximum atomic E-state index is 6.44. The minimum absolute atomic E-state index is 0.143. The van der Waals surface area contributed by atoms with Gasteiger partial charge in [-0.25, -0.2) is 0 Å². The quantitative estimate of drug-likeness (QED) is 0.675. The van der Waals surface area contributed by atoms with Crippen molar-refractivity contribution in [3.8, 4) is 0 Å². The van der Waals surface area contributed by atoms with Gasteiger partial charge in [-0.3, -0.25) is 0 Å². The number of hydrogen-bond acceptors (Lipinski definition) is 2. The highest BCUT2D eigenvalue weighted by Gasteiger charge is 2.44. The van der Waals surface area contributed by atoms with E-state index < -0.39 is 0 Å². The summed E-state index contributed by atoms with van der Waals surface area (Å²) in [5, 5.41) is 0. The van der Waals surface area contributed by atoms with Gasteiger partial charge in [0.2, 0.25) is 0 Å². The molecule has 0 aromatic heterocycles. The minimum atomic E-state index is 0.143. The Bertz CT molecular complexity index is 200. The summed E-state index contributed by atoms with van der Waals surface area (Å²) < 4.78 is 0. The van der Waals surface area contributed by atoms with Crippen LogP contribution in [0.5, 0.6) is 0 Å². The van der Waals surface area contributed by atoms with Crippen LogP contribution < -0.4 is 11.5 Å². The molecule has 2 fully saturated rings. The smallest absolute Gasteiger partial charge is 0.0160 e. The van der Waals surface area contributed by atoms with E-state index in [2.05, 4.69) is 0 Å². The third kappa shape index (κ3) is 1.96. The van der Waals surface area contributed by atoms with Gasteiger partial charge in [0, 0.05) is 5.54 Å². The van der Waals surface area contributed by atoms with Crippen LogP contribution in [0.2, 0.25) is 0 Å². The lowest BCUT2D eigenvalue weighted by molar-refractivity contribution is 0.254. The van der Waals surface area contributed by atoms with Crippen molar-refractivity contribution in [3.63, 3.8) is 0 Å². The fourth-order valence-electron chi connectivity index (χ4n) is 3.47. The Balaban J connectivity index is 2.10. The average Bonchev–Trinajstić information content (AvgIpc) is 2.55. The minimum Gasteiger partial charge on any atom is -0.330 e. The first-order chi connectivity index (χ1) is 6.68. The van der Waals surface area contributed by atoms with E-state index in [0.29, 0.717) is 5.41 Å². The molecule has 2 aliphatic carbocycles. The van der Waals surface area contributed by atoms with Crippen molar-refractivity contribution in [3.05, 3.63) is 0 Å². The predicted molar refractivity (Wildman–Crippen MR) is 60.0 cm³/mol. The molecular formula is C12H24N2. The maximum absolute atomic E-state index is 6.44. The van der Waals surface area contributed by atoms with Crippen LogP contribution >= 0.6 is 0 Å². The van der Waals surface area contributed by atoms with Crippen molar-refractivity contribution in [1.82, 2.24) is 0 Å². The molecule has 2 nitrogen and oxygen atoms in total. The summed E-state index contributed by atoms with van der Waals surface area (Å²) in [4.78, 5) is 0. The molecule has 0 aliphatic heterocycles. The molecule has 0 radical (unpaired) electrons. The molecular weight excluding hydrogens is 172 g/mol. The predicted octanol–water partition coefficient (Wildman–Crippen LogP) is 2.17. The molecule has 2 bridgehead atoms. The second kappa shape index (κ2) is 3.82. The topological polar surface area (TPSA) is 52.0 Å². The summed E-state index contributed by atoms with van der Waals surface area (Å²) in [6.07, 6.45) is 11.7. The highest BCUT2D eigenvalue weighted by Crippen LogP contribution is 2.48. The van der Waals surface area contributed by atoms with Crippen LogP contribution in [0.3, 0.4) is 0 Å². The van der Waals surface area contributed by atoms with Gasteiger partial charge in [0.15, 0.2) is 0 Å². The zero-order chi connectivity index (χ0) is 10.1. The van der Waals surface area contributed by atoms with Gasteiger partial charge in [0.25, 0.3) is 0 Å². The molecule has 2 rings (SSSR count). The summed E-state index contributed by atoms with van der Waals surface area (Å²) in [5.74, 6) is 0. The molecule has 2 heteroatoms. The number of nitrogens with two attached hydrogens (primary N) is 2. The highest BCUT2D eigenvalue weighted by atomic mass is 14.8. The van der Waals surface area contributed by atoms with Crippen LogP contribution in [0.15, 0.2) is 0 Å². The number of hydrogen-bond donors (Lipinski definition) is 2. The zero-order valence-corrected chi connectivity index (χ0v) is 9.23.